The number of alkyl halides is 3. The van der Waals surface area contributed by atoms with Crippen LogP contribution in [0, 0.1) is 0 Å². The molecular weight excluding hydrogens is 333 g/mol. The van der Waals surface area contributed by atoms with Crippen LogP contribution in [0.2, 0.25) is 0 Å². The highest BCUT2D eigenvalue weighted by atomic mass is 32.2. The molecule has 3 rings (SSSR count). The molecule has 124 valence electrons. The molecule has 1 atom stereocenters. The average molecular weight is 346 g/mol. The van der Waals surface area contributed by atoms with E-state index in [-0.39, 0.29) is 6.54 Å². The van der Waals surface area contributed by atoms with Gasteiger partial charge in [0.05, 0.1) is 18.1 Å². The quantitative estimate of drug-likeness (QED) is 0.830. The number of hydrogen-bond acceptors (Lipinski definition) is 5. The molecule has 2 aromatic rings. The van der Waals surface area contributed by atoms with Gasteiger partial charge < -0.3 is 13.9 Å². The zero-order valence-electron chi connectivity index (χ0n) is 11.9. The molecule has 0 N–H and O–H groups in total. The minimum atomic E-state index is -4.38. The number of nitrogens with zero attached hydrogens (tertiary/aromatic N) is 4. The topological polar surface area (TPSA) is 64.2 Å². The lowest BCUT2D eigenvalue weighted by molar-refractivity contribution is -0.157. The van der Waals surface area contributed by atoms with Gasteiger partial charge in [0.1, 0.15) is 18.6 Å². The highest BCUT2D eigenvalue weighted by molar-refractivity contribution is 8.00. The average Bonchev–Trinajstić information content (AvgIpc) is 3.18. The van der Waals surface area contributed by atoms with Crippen molar-refractivity contribution >= 4 is 17.7 Å². The van der Waals surface area contributed by atoms with Crippen molar-refractivity contribution in [2.24, 2.45) is 0 Å². The zero-order valence-corrected chi connectivity index (χ0v) is 12.7. The summed E-state index contributed by atoms with van der Waals surface area (Å²) in [7, 11) is 0. The van der Waals surface area contributed by atoms with Gasteiger partial charge in [-0.05, 0) is 18.6 Å². The molecule has 0 aromatic carbocycles. The number of aromatic nitrogens is 3. The van der Waals surface area contributed by atoms with Crippen LogP contribution in [0.25, 0.3) is 0 Å². The molecule has 3 heterocycles. The first-order chi connectivity index (χ1) is 10.9. The smallest absolute Gasteiger partial charge is 0.406 e. The van der Waals surface area contributed by atoms with Crippen LogP contribution >= 0.6 is 11.8 Å². The minimum absolute atomic E-state index is 0.0995. The molecule has 0 aliphatic carbocycles. The zero-order chi connectivity index (χ0) is 16.4. The molecule has 6 nitrogen and oxygen atoms in total. The van der Waals surface area contributed by atoms with E-state index >= 15 is 0 Å². The molecule has 0 spiro atoms. The van der Waals surface area contributed by atoms with Gasteiger partial charge in [-0.25, -0.2) is 0 Å². The van der Waals surface area contributed by atoms with Crippen LogP contribution in [0.5, 0.6) is 0 Å². The second kappa shape index (κ2) is 6.26. The first kappa shape index (κ1) is 15.9. The number of hydrogen-bond donors (Lipinski definition) is 0. The highest BCUT2D eigenvalue weighted by Gasteiger charge is 2.40. The van der Waals surface area contributed by atoms with Gasteiger partial charge in [0.2, 0.25) is 5.91 Å². The highest BCUT2D eigenvalue weighted by Crippen LogP contribution is 2.31. The van der Waals surface area contributed by atoms with Crippen molar-refractivity contribution in [1.82, 2.24) is 19.7 Å². The Hall–Kier alpha value is -1.97. The standard InChI is InChI=1S/C13H13F3N4O2S/c14-13(15,16)7-19-4-3-10(11(19)21)23-12-18-17-8-20(12)6-9-2-1-5-22-9/h1-2,5,8,10H,3-4,6-7H2/t10-/m1/s1. The Bertz CT molecular complexity index is 671. The van der Waals surface area contributed by atoms with Gasteiger partial charge in [-0.1, -0.05) is 11.8 Å². The molecule has 23 heavy (non-hydrogen) atoms. The van der Waals surface area contributed by atoms with E-state index in [1.54, 1.807) is 23.0 Å². The summed E-state index contributed by atoms with van der Waals surface area (Å²) in [5.74, 6) is 0.183. The number of amides is 1. The van der Waals surface area contributed by atoms with Crippen LogP contribution in [-0.4, -0.2) is 50.1 Å². The van der Waals surface area contributed by atoms with E-state index in [1.807, 2.05) is 0 Å². The number of furan rings is 1. The van der Waals surface area contributed by atoms with E-state index in [1.165, 1.54) is 6.33 Å². The van der Waals surface area contributed by atoms with Gasteiger partial charge in [0, 0.05) is 6.54 Å². The largest absolute Gasteiger partial charge is 0.467 e. The van der Waals surface area contributed by atoms with Gasteiger partial charge in [-0.3, -0.25) is 4.79 Å². The van der Waals surface area contributed by atoms with E-state index in [0.29, 0.717) is 23.9 Å². The SMILES string of the molecule is O=C1[C@H](Sc2nncn2Cc2ccco2)CCN1CC(F)(F)F. The maximum absolute atomic E-state index is 12.4. The summed E-state index contributed by atoms with van der Waals surface area (Å²) in [6.07, 6.45) is -0.985. The third kappa shape index (κ3) is 3.87. The predicted molar refractivity (Wildman–Crippen MR) is 74.7 cm³/mol. The van der Waals surface area contributed by atoms with Crippen molar-refractivity contribution in [3.8, 4) is 0 Å². The van der Waals surface area contributed by atoms with Gasteiger partial charge >= 0.3 is 6.18 Å². The minimum Gasteiger partial charge on any atom is -0.467 e. The van der Waals surface area contributed by atoms with Crippen LogP contribution < -0.4 is 0 Å². The summed E-state index contributed by atoms with van der Waals surface area (Å²) in [5, 5.41) is 7.64. The summed E-state index contributed by atoms with van der Waals surface area (Å²) in [6.45, 7) is -0.709. The van der Waals surface area contributed by atoms with Crippen molar-refractivity contribution < 1.29 is 22.4 Å². The third-order valence-electron chi connectivity index (χ3n) is 3.35. The number of carbonyl (C=O) groups is 1. The Kier molecular flexibility index (Phi) is 4.33. The van der Waals surface area contributed by atoms with Gasteiger partial charge in [0.15, 0.2) is 5.16 Å². The molecule has 1 aliphatic heterocycles. The fourth-order valence-corrected chi connectivity index (χ4v) is 3.40. The van der Waals surface area contributed by atoms with E-state index in [0.717, 1.165) is 16.7 Å². The van der Waals surface area contributed by atoms with Crippen LogP contribution in [0.3, 0.4) is 0 Å². The molecule has 0 saturated carbocycles. The normalized spacial score (nSPS) is 18.8. The number of thioether (sulfide) groups is 1. The summed E-state index contributed by atoms with van der Waals surface area (Å²) in [5.41, 5.74) is 0. The van der Waals surface area contributed by atoms with Crippen LogP contribution in [0.15, 0.2) is 34.3 Å². The van der Waals surface area contributed by atoms with Crippen LogP contribution in [-0.2, 0) is 11.3 Å². The number of rotatable bonds is 5. The Morgan fingerprint density at radius 3 is 2.96 bits per heavy atom. The molecule has 10 heteroatoms. The third-order valence-corrected chi connectivity index (χ3v) is 4.60. The van der Waals surface area contributed by atoms with Crippen molar-refractivity contribution in [1.29, 1.82) is 0 Å². The van der Waals surface area contributed by atoms with Crippen molar-refractivity contribution in [2.45, 2.75) is 29.5 Å². The fraction of sp³-hybridized carbons (Fsp3) is 0.462. The van der Waals surface area contributed by atoms with E-state index in [2.05, 4.69) is 10.2 Å². The lowest BCUT2D eigenvalue weighted by Gasteiger charge is -2.18. The molecular formula is C13H13F3N4O2S. The van der Waals surface area contributed by atoms with Gasteiger partial charge in [0.25, 0.3) is 0 Å². The number of likely N-dealkylation sites (tertiary alicyclic amines) is 1. The molecule has 0 radical (unpaired) electrons. The molecule has 1 aliphatic rings. The molecule has 1 fully saturated rings. The molecule has 0 bridgehead atoms. The monoisotopic (exact) mass is 346 g/mol. The van der Waals surface area contributed by atoms with Crippen molar-refractivity contribution in [3.63, 3.8) is 0 Å². The predicted octanol–water partition coefficient (Wildman–Crippen LogP) is 2.17. The summed E-state index contributed by atoms with van der Waals surface area (Å²) >= 11 is 1.13. The summed E-state index contributed by atoms with van der Waals surface area (Å²) in [6, 6.07) is 3.54. The Morgan fingerprint density at radius 2 is 2.26 bits per heavy atom. The Balaban J connectivity index is 1.64. The summed E-state index contributed by atoms with van der Waals surface area (Å²) < 4.78 is 44.2. The van der Waals surface area contributed by atoms with Crippen LogP contribution in [0.4, 0.5) is 13.2 Å². The van der Waals surface area contributed by atoms with E-state index in [4.69, 9.17) is 4.42 Å². The van der Waals surface area contributed by atoms with E-state index in [9.17, 15) is 18.0 Å². The maximum Gasteiger partial charge on any atom is 0.406 e. The number of carbonyl (C=O) groups excluding carboxylic acids is 1. The van der Waals surface area contributed by atoms with Crippen LogP contribution in [0.1, 0.15) is 12.2 Å². The van der Waals surface area contributed by atoms with Crippen molar-refractivity contribution in [2.75, 3.05) is 13.1 Å². The molecule has 0 unspecified atom stereocenters. The van der Waals surface area contributed by atoms with E-state index < -0.39 is 23.9 Å². The molecule has 1 saturated heterocycles. The number of halogens is 3. The van der Waals surface area contributed by atoms with Gasteiger partial charge in [-0.15, -0.1) is 10.2 Å². The first-order valence-corrected chi connectivity index (χ1v) is 7.73. The van der Waals surface area contributed by atoms with Crippen molar-refractivity contribution in [3.05, 3.63) is 30.5 Å². The molecule has 2 aromatic heterocycles. The molecule has 1 amide bonds. The Morgan fingerprint density at radius 1 is 1.43 bits per heavy atom. The second-order valence-electron chi connectivity index (χ2n) is 5.09. The fourth-order valence-electron chi connectivity index (χ4n) is 2.33. The second-order valence-corrected chi connectivity index (χ2v) is 6.26. The Labute approximate surface area is 133 Å². The van der Waals surface area contributed by atoms with Gasteiger partial charge in [-0.2, -0.15) is 13.2 Å². The maximum atomic E-state index is 12.4. The first-order valence-electron chi connectivity index (χ1n) is 6.85. The summed E-state index contributed by atoms with van der Waals surface area (Å²) in [4.78, 5) is 12.9. The lowest BCUT2D eigenvalue weighted by atomic mass is 10.4. The lowest BCUT2D eigenvalue weighted by Crippen LogP contribution is -2.36.